The minimum Gasteiger partial charge on any atom is -0.291 e. The van der Waals surface area contributed by atoms with Gasteiger partial charge < -0.3 is 0 Å². The summed E-state index contributed by atoms with van der Waals surface area (Å²) in [7, 11) is 1.93. The molecule has 1 amide bonds. The summed E-state index contributed by atoms with van der Waals surface area (Å²) in [5, 5.41) is 0. The van der Waals surface area contributed by atoms with Crippen molar-refractivity contribution in [2.24, 2.45) is 18.0 Å². The molecule has 1 heterocycles. The number of hydrogen-bond acceptors (Lipinski definition) is 1. The summed E-state index contributed by atoms with van der Waals surface area (Å²) >= 11 is 0. The molecule has 3 rings (SSSR count). The smallest absolute Gasteiger partial charge is 0.291 e. The van der Waals surface area contributed by atoms with Gasteiger partial charge in [0.05, 0.1) is 5.56 Å². The molecule has 0 N–H and O–H groups in total. The number of hydrogen-bond donors (Lipinski definition) is 0. The van der Waals surface area contributed by atoms with E-state index in [1.54, 1.807) is 6.92 Å². The van der Waals surface area contributed by atoms with E-state index >= 15 is 0 Å². The van der Waals surface area contributed by atoms with E-state index in [9.17, 15) is 18.0 Å². The van der Waals surface area contributed by atoms with E-state index in [4.69, 9.17) is 0 Å². The summed E-state index contributed by atoms with van der Waals surface area (Å²) in [6.45, 7) is 8.60. The summed E-state index contributed by atoms with van der Waals surface area (Å²) < 4.78 is 43.1. The highest BCUT2D eigenvalue weighted by molar-refractivity contribution is 5.96. The van der Waals surface area contributed by atoms with Crippen LogP contribution in [0.1, 0.15) is 60.8 Å². The van der Waals surface area contributed by atoms with E-state index in [1.807, 2.05) is 22.5 Å². The maximum Gasteiger partial charge on any atom is 0.416 e. The molecule has 28 heavy (non-hydrogen) atoms. The fourth-order valence-corrected chi connectivity index (χ4v) is 3.32. The molecule has 2 aromatic rings. The highest BCUT2D eigenvalue weighted by atomic mass is 19.4. The molecule has 0 unspecified atom stereocenters. The van der Waals surface area contributed by atoms with Crippen molar-refractivity contribution in [2.75, 3.05) is 0 Å². The lowest BCUT2D eigenvalue weighted by molar-refractivity contribution is -0.137. The SMILES string of the molecule is Cc1ccc(C(F)(F)F)cc1C(=O)/N=c1\cc(C(C)(C)C)n(C)n1CC1CC1. The Labute approximate surface area is 162 Å². The predicted octanol–water partition coefficient (Wildman–Crippen LogP) is 4.60. The van der Waals surface area contributed by atoms with Crippen LogP contribution in [0.25, 0.3) is 0 Å². The average Bonchev–Trinajstić information content (AvgIpc) is 3.32. The third-order valence-electron chi connectivity index (χ3n) is 5.15. The van der Waals surface area contributed by atoms with Crippen molar-refractivity contribution in [3.05, 3.63) is 52.1 Å². The fraction of sp³-hybridized carbons (Fsp3) is 0.524. The van der Waals surface area contributed by atoms with E-state index in [-0.39, 0.29) is 11.0 Å². The average molecular weight is 393 g/mol. The summed E-state index contributed by atoms with van der Waals surface area (Å²) in [5.74, 6) is -0.0926. The largest absolute Gasteiger partial charge is 0.416 e. The molecule has 1 aromatic heterocycles. The molecule has 1 aliphatic rings. The van der Waals surface area contributed by atoms with Crippen LogP contribution in [0, 0.1) is 12.8 Å². The first-order valence-electron chi connectivity index (χ1n) is 9.42. The molecule has 0 spiro atoms. The lowest BCUT2D eigenvalue weighted by atomic mass is 9.92. The Morgan fingerprint density at radius 3 is 2.36 bits per heavy atom. The van der Waals surface area contributed by atoms with E-state index in [0.29, 0.717) is 17.0 Å². The Morgan fingerprint density at radius 2 is 1.82 bits per heavy atom. The van der Waals surface area contributed by atoms with Crippen LogP contribution in [0.4, 0.5) is 13.2 Å². The van der Waals surface area contributed by atoms with Crippen molar-refractivity contribution < 1.29 is 18.0 Å². The van der Waals surface area contributed by atoms with Crippen LogP contribution >= 0.6 is 0 Å². The second-order valence-corrected chi connectivity index (χ2v) is 8.63. The quantitative estimate of drug-likeness (QED) is 0.751. The van der Waals surface area contributed by atoms with Crippen LogP contribution in [0.2, 0.25) is 0 Å². The summed E-state index contributed by atoms with van der Waals surface area (Å²) in [6, 6.07) is 5.05. The van der Waals surface area contributed by atoms with Crippen LogP contribution in [0.5, 0.6) is 0 Å². The normalized spacial score (nSPS) is 15.9. The topological polar surface area (TPSA) is 39.3 Å². The molecule has 0 saturated heterocycles. The highest BCUT2D eigenvalue weighted by Gasteiger charge is 2.31. The van der Waals surface area contributed by atoms with Gasteiger partial charge in [-0.15, -0.1) is 0 Å². The number of aryl methyl sites for hydroxylation is 1. The lowest BCUT2D eigenvalue weighted by Gasteiger charge is -2.20. The lowest BCUT2D eigenvalue weighted by Crippen LogP contribution is -2.26. The molecule has 152 valence electrons. The second kappa shape index (κ2) is 6.94. The van der Waals surface area contributed by atoms with E-state index in [2.05, 4.69) is 25.8 Å². The maximum atomic E-state index is 13.0. The number of carbonyl (C=O) groups excluding carboxylic acids is 1. The molecule has 0 bridgehead atoms. The van der Waals surface area contributed by atoms with Gasteiger partial charge in [-0.3, -0.25) is 14.2 Å². The van der Waals surface area contributed by atoms with Gasteiger partial charge in [-0.05, 0) is 43.4 Å². The zero-order valence-corrected chi connectivity index (χ0v) is 16.9. The highest BCUT2D eigenvalue weighted by Crippen LogP contribution is 2.32. The van der Waals surface area contributed by atoms with Crippen molar-refractivity contribution in [2.45, 2.75) is 58.7 Å². The van der Waals surface area contributed by atoms with Gasteiger partial charge >= 0.3 is 6.18 Å². The zero-order chi connectivity index (χ0) is 20.9. The third-order valence-corrected chi connectivity index (χ3v) is 5.15. The van der Waals surface area contributed by atoms with E-state index < -0.39 is 17.6 Å². The summed E-state index contributed by atoms with van der Waals surface area (Å²) in [4.78, 5) is 17.0. The van der Waals surface area contributed by atoms with Gasteiger partial charge in [0.25, 0.3) is 5.91 Å². The standard InChI is InChI=1S/C21H26F3N3O/c1-13-6-9-15(21(22,23)24)10-16(13)19(28)25-18-11-17(20(2,3)4)26(5)27(18)12-14-7-8-14/h6,9-11,14H,7-8,12H2,1-5H3/b25-18+. The predicted molar refractivity (Wildman–Crippen MR) is 101 cm³/mol. The number of benzene rings is 1. The first kappa shape index (κ1) is 20.4. The van der Waals surface area contributed by atoms with Crippen LogP contribution in [0.3, 0.4) is 0 Å². The minimum atomic E-state index is -4.50. The Balaban J connectivity index is 2.09. The van der Waals surface area contributed by atoms with Gasteiger partial charge in [0.15, 0.2) is 5.49 Å². The van der Waals surface area contributed by atoms with E-state index in [0.717, 1.165) is 37.2 Å². The first-order chi connectivity index (χ1) is 12.9. The fourth-order valence-electron chi connectivity index (χ4n) is 3.32. The summed E-state index contributed by atoms with van der Waals surface area (Å²) in [6.07, 6.45) is -2.22. The molecule has 7 heteroatoms. The van der Waals surface area contributed by atoms with Gasteiger partial charge in [-0.1, -0.05) is 26.8 Å². The number of nitrogens with zero attached hydrogens (tertiary/aromatic N) is 3. The van der Waals surface area contributed by atoms with Crippen molar-refractivity contribution in [3.8, 4) is 0 Å². The number of carbonyl (C=O) groups is 1. The van der Waals surface area contributed by atoms with Gasteiger partial charge in [0.2, 0.25) is 0 Å². The van der Waals surface area contributed by atoms with Crippen molar-refractivity contribution >= 4 is 5.91 Å². The minimum absolute atomic E-state index is 0.0195. The molecule has 1 fully saturated rings. The maximum absolute atomic E-state index is 13.0. The van der Waals surface area contributed by atoms with Gasteiger partial charge in [-0.2, -0.15) is 18.2 Å². The van der Waals surface area contributed by atoms with Gasteiger partial charge in [0.1, 0.15) is 0 Å². The zero-order valence-electron chi connectivity index (χ0n) is 16.9. The third kappa shape index (κ3) is 4.23. The van der Waals surface area contributed by atoms with Gasteiger partial charge in [0, 0.05) is 36.3 Å². The molecule has 0 aliphatic heterocycles. The molecular formula is C21H26F3N3O. The molecule has 0 atom stereocenters. The van der Waals surface area contributed by atoms with Crippen molar-refractivity contribution in [1.29, 1.82) is 0 Å². The number of halogens is 3. The van der Waals surface area contributed by atoms with E-state index in [1.165, 1.54) is 6.07 Å². The Morgan fingerprint density at radius 1 is 1.18 bits per heavy atom. The molecule has 1 aromatic carbocycles. The molecule has 0 radical (unpaired) electrons. The molecule has 1 aliphatic carbocycles. The van der Waals surface area contributed by atoms with Crippen LogP contribution in [0.15, 0.2) is 29.3 Å². The number of alkyl halides is 3. The second-order valence-electron chi connectivity index (χ2n) is 8.63. The van der Waals surface area contributed by atoms with Crippen LogP contribution < -0.4 is 5.49 Å². The number of aromatic nitrogens is 2. The Bertz CT molecular complexity index is 970. The monoisotopic (exact) mass is 393 g/mol. The van der Waals surface area contributed by atoms with Crippen molar-refractivity contribution in [1.82, 2.24) is 9.36 Å². The van der Waals surface area contributed by atoms with Crippen LogP contribution in [-0.4, -0.2) is 15.3 Å². The molecule has 1 saturated carbocycles. The molecule has 4 nitrogen and oxygen atoms in total. The summed E-state index contributed by atoms with van der Waals surface area (Å²) in [5.41, 5.74) is 0.965. The number of amides is 1. The Hall–Kier alpha value is -2.31. The van der Waals surface area contributed by atoms with Gasteiger partial charge in [-0.25, -0.2) is 0 Å². The Kier molecular flexibility index (Phi) is 5.06. The van der Waals surface area contributed by atoms with Crippen LogP contribution in [-0.2, 0) is 25.2 Å². The molecular weight excluding hydrogens is 367 g/mol. The van der Waals surface area contributed by atoms with Crippen molar-refractivity contribution in [3.63, 3.8) is 0 Å². The number of rotatable bonds is 3. The first-order valence-corrected chi connectivity index (χ1v) is 9.42.